The number of anilines is 1. The SMILES string of the molecule is Cc1ccc(NC(=O)COc2cccc([C@H]3c4sc(=O)[nH]c4SC4C5CC(C6C(=O)N(C(C)C(=O)O)C(=O)C56)C43)c2)cc1. The van der Waals surface area contributed by atoms with Crippen molar-refractivity contribution >= 4 is 52.5 Å². The number of H-pyrrole nitrogens is 1. The van der Waals surface area contributed by atoms with Crippen LogP contribution in [0.1, 0.15) is 35.3 Å². The number of hydrogen-bond acceptors (Lipinski definition) is 8. The lowest BCUT2D eigenvalue weighted by molar-refractivity contribution is -0.154. The van der Waals surface area contributed by atoms with Gasteiger partial charge in [-0.1, -0.05) is 41.2 Å². The highest BCUT2D eigenvalue weighted by atomic mass is 32.2. The molecule has 3 aromatic rings. The zero-order valence-corrected chi connectivity index (χ0v) is 24.9. The molecule has 3 amide bonds. The monoisotopic (exact) mass is 619 g/mol. The van der Waals surface area contributed by atoms with Crippen LogP contribution in [0.15, 0.2) is 58.4 Å². The molecule has 8 atom stereocenters. The minimum Gasteiger partial charge on any atom is -0.484 e. The van der Waals surface area contributed by atoms with Gasteiger partial charge in [0.1, 0.15) is 11.8 Å². The molecule has 2 bridgehead atoms. The van der Waals surface area contributed by atoms with Crippen molar-refractivity contribution in [1.29, 1.82) is 0 Å². The summed E-state index contributed by atoms with van der Waals surface area (Å²) >= 11 is 2.73. The molecule has 0 spiro atoms. The Hall–Kier alpha value is -3.90. The number of carbonyl (C=O) groups excluding carboxylic acids is 3. The molecule has 1 saturated heterocycles. The normalized spacial score (nSPS) is 29.2. The predicted octanol–water partition coefficient (Wildman–Crippen LogP) is 3.71. The van der Waals surface area contributed by atoms with Crippen LogP contribution in [0.3, 0.4) is 0 Å². The summed E-state index contributed by atoms with van der Waals surface area (Å²) in [6.45, 7) is 3.16. The Labute approximate surface area is 254 Å². The van der Waals surface area contributed by atoms with Gasteiger partial charge in [-0.05, 0) is 67.9 Å². The first-order valence-corrected chi connectivity index (χ1v) is 15.9. The molecule has 4 aliphatic rings. The molecule has 2 aliphatic carbocycles. The molecule has 7 unspecified atom stereocenters. The molecule has 12 heteroatoms. The van der Waals surface area contributed by atoms with Gasteiger partial charge in [0.15, 0.2) is 6.61 Å². The van der Waals surface area contributed by atoms with E-state index in [2.05, 4.69) is 10.3 Å². The summed E-state index contributed by atoms with van der Waals surface area (Å²) in [6.07, 6.45) is 0.704. The van der Waals surface area contributed by atoms with Crippen LogP contribution in [0, 0.1) is 36.5 Å². The van der Waals surface area contributed by atoms with Gasteiger partial charge >= 0.3 is 10.8 Å². The van der Waals surface area contributed by atoms with Crippen LogP contribution in [0.2, 0.25) is 0 Å². The zero-order valence-electron chi connectivity index (χ0n) is 23.3. The lowest BCUT2D eigenvalue weighted by atomic mass is 9.68. The predicted molar refractivity (Wildman–Crippen MR) is 159 cm³/mol. The number of carbonyl (C=O) groups is 4. The number of benzene rings is 2. The second-order valence-electron chi connectivity index (χ2n) is 11.8. The Morgan fingerprint density at radius 3 is 2.53 bits per heavy atom. The quantitative estimate of drug-likeness (QED) is 0.340. The van der Waals surface area contributed by atoms with Crippen LogP contribution in [-0.4, -0.2) is 56.6 Å². The molecule has 1 aromatic heterocycles. The molecule has 43 heavy (non-hydrogen) atoms. The summed E-state index contributed by atoms with van der Waals surface area (Å²) in [5, 5.41) is 13.2. The smallest absolute Gasteiger partial charge is 0.326 e. The number of carboxylic acid groups (broad SMARTS) is 1. The van der Waals surface area contributed by atoms with Gasteiger partial charge in [-0.25, -0.2) is 4.79 Å². The number of thioether (sulfide) groups is 1. The average molecular weight is 620 g/mol. The number of aryl methyl sites for hydroxylation is 1. The van der Waals surface area contributed by atoms with E-state index in [4.69, 9.17) is 4.74 Å². The van der Waals surface area contributed by atoms with Gasteiger partial charge in [-0.15, -0.1) is 11.8 Å². The van der Waals surface area contributed by atoms with Crippen molar-refractivity contribution < 1.29 is 29.0 Å². The summed E-state index contributed by atoms with van der Waals surface area (Å²) in [4.78, 5) is 68.5. The van der Waals surface area contributed by atoms with Crippen LogP contribution in [0.5, 0.6) is 5.75 Å². The number of nitrogens with zero attached hydrogens (tertiary/aromatic N) is 1. The number of amides is 3. The Bertz CT molecular complexity index is 1720. The molecule has 10 nitrogen and oxygen atoms in total. The summed E-state index contributed by atoms with van der Waals surface area (Å²) in [6, 6.07) is 13.7. The fraction of sp³-hybridized carbons (Fsp3) is 0.387. The van der Waals surface area contributed by atoms with Gasteiger partial charge in [0.2, 0.25) is 11.8 Å². The number of rotatable bonds is 7. The number of carboxylic acids is 1. The third kappa shape index (κ3) is 4.50. The van der Waals surface area contributed by atoms with Gasteiger partial charge in [-0.2, -0.15) is 0 Å². The van der Waals surface area contributed by atoms with E-state index in [9.17, 15) is 29.1 Å². The third-order valence-electron chi connectivity index (χ3n) is 9.43. The van der Waals surface area contributed by atoms with Crippen LogP contribution >= 0.6 is 23.1 Å². The van der Waals surface area contributed by atoms with E-state index in [1.807, 2.05) is 49.4 Å². The van der Waals surface area contributed by atoms with E-state index in [1.54, 1.807) is 17.8 Å². The molecule has 3 fully saturated rings. The van der Waals surface area contributed by atoms with Crippen molar-refractivity contribution in [2.45, 2.75) is 42.5 Å². The largest absolute Gasteiger partial charge is 0.484 e. The van der Waals surface area contributed by atoms with E-state index in [1.165, 1.54) is 6.92 Å². The highest BCUT2D eigenvalue weighted by Crippen LogP contribution is 2.68. The Morgan fingerprint density at radius 2 is 1.81 bits per heavy atom. The van der Waals surface area contributed by atoms with Crippen molar-refractivity contribution in [3.63, 3.8) is 0 Å². The van der Waals surface area contributed by atoms with E-state index in [0.717, 1.165) is 37.3 Å². The Kier molecular flexibility index (Phi) is 6.73. The topological polar surface area (TPSA) is 146 Å². The molecule has 3 N–H and O–H groups in total. The number of aromatic nitrogens is 1. The van der Waals surface area contributed by atoms with E-state index in [-0.39, 0.29) is 46.3 Å². The van der Waals surface area contributed by atoms with Crippen molar-refractivity contribution in [2.75, 3.05) is 11.9 Å². The van der Waals surface area contributed by atoms with Crippen molar-refractivity contribution in [3.05, 3.63) is 74.2 Å². The molecule has 2 saturated carbocycles. The van der Waals surface area contributed by atoms with Gasteiger partial charge in [0, 0.05) is 21.7 Å². The summed E-state index contributed by atoms with van der Waals surface area (Å²) in [7, 11) is 0. The van der Waals surface area contributed by atoms with E-state index < -0.39 is 35.7 Å². The molecule has 3 heterocycles. The third-order valence-corrected chi connectivity index (χ3v) is 12.0. The van der Waals surface area contributed by atoms with Crippen LogP contribution in [-0.2, 0) is 19.2 Å². The minimum atomic E-state index is -1.22. The second-order valence-corrected chi connectivity index (χ2v) is 14.0. The molecule has 222 valence electrons. The standard InChI is InChI=1S/C31H29N3O7S2/c1-13-6-8-16(9-7-13)32-20(35)12-41-17-5-3-4-15(10-17)21-22-18-11-19(25(22)42-27-26(21)43-31(40)33-27)24-23(18)28(36)34(29(24)37)14(2)30(38)39/h3-10,14,18-19,21-25H,11-12H2,1-2H3,(H,32,35)(H,33,40)(H,38,39)/t14?,18?,19?,21-,22?,23?,24?,25?/m1/s1. The van der Waals surface area contributed by atoms with Crippen molar-refractivity contribution in [2.24, 2.45) is 29.6 Å². The molecule has 0 radical (unpaired) electrons. The number of aromatic amines is 1. The fourth-order valence-electron chi connectivity index (χ4n) is 7.69. The number of imide groups is 1. The molecule has 2 aliphatic heterocycles. The van der Waals surface area contributed by atoms with Crippen LogP contribution in [0.25, 0.3) is 0 Å². The fourth-order valence-corrected chi connectivity index (χ4v) is 10.6. The summed E-state index contributed by atoms with van der Waals surface area (Å²) < 4.78 is 5.88. The highest BCUT2D eigenvalue weighted by molar-refractivity contribution is 8.00. The molecular weight excluding hydrogens is 590 g/mol. The van der Waals surface area contributed by atoms with Crippen LogP contribution in [0.4, 0.5) is 5.69 Å². The number of fused-ring (bicyclic) bond motifs is 9. The summed E-state index contributed by atoms with van der Waals surface area (Å²) in [5.74, 6) is -3.38. The zero-order chi connectivity index (χ0) is 30.2. The number of hydrogen-bond donors (Lipinski definition) is 3. The van der Waals surface area contributed by atoms with Gasteiger partial charge < -0.3 is 20.1 Å². The van der Waals surface area contributed by atoms with Crippen molar-refractivity contribution in [3.8, 4) is 5.75 Å². The first-order valence-electron chi connectivity index (χ1n) is 14.2. The van der Waals surface area contributed by atoms with Crippen LogP contribution < -0.4 is 14.9 Å². The molecule has 2 aromatic carbocycles. The lowest BCUT2D eigenvalue weighted by Crippen LogP contribution is -2.44. The second kappa shape index (κ2) is 10.4. The van der Waals surface area contributed by atoms with E-state index in [0.29, 0.717) is 17.9 Å². The lowest BCUT2D eigenvalue weighted by Gasteiger charge is -2.43. The summed E-state index contributed by atoms with van der Waals surface area (Å²) in [5.41, 5.74) is 2.67. The highest BCUT2D eigenvalue weighted by Gasteiger charge is 2.70. The van der Waals surface area contributed by atoms with E-state index >= 15 is 0 Å². The number of thiazole rings is 1. The maximum Gasteiger partial charge on any atom is 0.326 e. The maximum atomic E-state index is 13.6. The van der Waals surface area contributed by atoms with Gasteiger partial charge in [0.05, 0.1) is 16.9 Å². The minimum absolute atomic E-state index is 0.0179. The Morgan fingerprint density at radius 1 is 1.09 bits per heavy atom. The number of ether oxygens (including phenoxy) is 1. The molecular formula is C31H29N3O7S2. The van der Waals surface area contributed by atoms with Crippen molar-refractivity contribution in [1.82, 2.24) is 9.88 Å². The average Bonchev–Trinajstić information content (AvgIpc) is 3.71. The van der Waals surface area contributed by atoms with Gasteiger partial charge in [0.25, 0.3) is 5.91 Å². The number of likely N-dealkylation sites (tertiary alicyclic amines) is 1. The Balaban J connectivity index is 1.17. The maximum absolute atomic E-state index is 13.6. The first-order chi connectivity index (χ1) is 20.6. The molecule has 7 rings (SSSR count). The number of nitrogens with one attached hydrogen (secondary N) is 2. The first kappa shape index (κ1) is 27.9. The number of aliphatic carboxylic acids is 1. The van der Waals surface area contributed by atoms with Gasteiger partial charge in [-0.3, -0.25) is 24.1 Å².